The SMILES string of the molecule is O=C(CC1CCS(=O)(=O)C1)N[C@@H](CO)C(=O)O. The highest BCUT2D eigenvalue weighted by molar-refractivity contribution is 7.91. The lowest BCUT2D eigenvalue weighted by Gasteiger charge is -2.13. The standard InChI is InChI=1S/C9H15NO6S/c11-4-7(9(13)14)10-8(12)3-6-1-2-17(15,16)5-6/h6-7,11H,1-5H2,(H,10,12)(H,13,14)/t6?,7-/m0/s1. The number of sulfone groups is 1. The molecule has 1 aliphatic heterocycles. The maximum atomic E-state index is 11.4. The summed E-state index contributed by atoms with van der Waals surface area (Å²) in [5.41, 5.74) is 0. The van der Waals surface area contributed by atoms with Crippen molar-refractivity contribution in [1.82, 2.24) is 5.32 Å². The van der Waals surface area contributed by atoms with Gasteiger partial charge in [-0.15, -0.1) is 0 Å². The molecule has 0 aliphatic carbocycles. The van der Waals surface area contributed by atoms with Gasteiger partial charge in [0.25, 0.3) is 0 Å². The maximum absolute atomic E-state index is 11.4. The topological polar surface area (TPSA) is 121 Å². The number of aliphatic carboxylic acids is 1. The van der Waals surface area contributed by atoms with Gasteiger partial charge < -0.3 is 15.5 Å². The smallest absolute Gasteiger partial charge is 0.328 e. The van der Waals surface area contributed by atoms with Crippen LogP contribution in [-0.4, -0.2) is 54.7 Å². The molecule has 0 bridgehead atoms. The van der Waals surface area contributed by atoms with Gasteiger partial charge in [-0.2, -0.15) is 0 Å². The van der Waals surface area contributed by atoms with E-state index in [1.165, 1.54) is 0 Å². The Kier molecular flexibility index (Phi) is 4.47. The summed E-state index contributed by atoms with van der Waals surface area (Å²) < 4.78 is 22.3. The summed E-state index contributed by atoms with van der Waals surface area (Å²) in [5.74, 6) is -2.08. The van der Waals surface area contributed by atoms with Crippen LogP contribution in [0.25, 0.3) is 0 Å². The number of aliphatic hydroxyl groups is 1. The molecule has 1 heterocycles. The molecule has 3 N–H and O–H groups in total. The summed E-state index contributed by atoms with van der Waals surface area (Å²) in [5, 5.41) is 19.4. The van der Waals surface area contributed by atoms with Crippen LogP contribution in [0.1, 0.15) is 12.8 Å². The number of amides is 1. The predicted molar refractivity (Wildman–Crippen MR) is 58.0 cm³/mol. The van der Waals surface area contributed by atoms with Gasteiger partial charge in [0.2, 0.25) is 5.91 Å². The van der Waals surface area contributed by atoms with E-state index in [9.17, 15) is 18.0 Å². The summed E-state index contributed by atoms with van der Waals surface area (Å²) in [4.78, 5) is 21.9. The molecule has 1 aliphatic rings. The minimum absolute atomic E-state index is 0.0248. The zero-order valence-corrected chi connectivity index (χ0v) is 9.94. The second-order valence-corrected chi connectivity index (χ2v) is 6.34. The maximum Gasteiger partial charge on any atom is 0.328 e. The Morgan fingerprint density at radius 1 is 1.41 bits per heavy atom. The first kappa shape index (κ1) is 13.9. The highest BCUT2D eigenvalue weighted by Crippen LogP contribution is 2.21. The molecule has 0 saturated carbocycles. The Balaban J connectivity index is 2.43. The van der Waals surface area contributed by atoms with Crippen molar-refractivity contribution in [3.8, 4) is 0 Å². The van der Waals surface area contributed by atoms with E-state index in [2.05, 4.69) is 5.32 Å². The quantitative estimate of drug-likeness (QED) is 0.549. The van der Waals surface area contributed by atoms with Gasteiger partial charge in [-0.1, -0.05) is 0 Å². The average Bonchev–Trinajstić information content (AvgIpc) is 2.54. The second-order valence-electron chi connectivity index (χ2n) is 4.11. The molecule has 17 heavy (non-hydrogen) atoms. The van der Waals surface area contributed by atoms with Gasteiger partial charge in [-0.3, -0.25) is 4.79 Å². The number of rotatable bonds is 5. The molecule has 1 fully saturated rings. The van der Waals surface area contributed by atoms with E-state index in [0.717, 1.165) is 0 Å². The van der Waals surface area contributed by atoms with Gasteiger partial charge in [0.15, 0.2) is 9.84 Å². The third-order valence-corrected chi connectivity index (χ3v) is 4.45. The van der Waals surface area contributed by atoms with Gasteiger partial charge in [-0.05, 0) is 12.3 Å². The van der Waals surface area contributed by atoms with Gasteiger partial charge in [0.05, 0.1) is 18.1 Å². The molecule has 1 unspecified atom stereocenters. The van der Waals surface area contributed by atoms with Crippen molar-refractivity contribution < 1.29 is 28.2 Å². The van der Waals surface area contributed by atoms with Crippen molar-refractivity contribution >= 4 is 21.7 Å². The molecule has 8 heteroatoms. The predicted octanol–water partition coefficient (Wildman–Crippen LogP) is -1.63. The van der Waals surface area contributed by atoms with E-state index in [-0.39, 0.29) is 23.8 Å². The first-order chi connectivity index (χ1) is 7.84. The van der Waals surface area contributed by atoms with Crippen molar-refractivity contribution in [1.29, 1.82) is 0 Å². The molecule has 0 spiro atoms. The minimum Gasteiger partial charge on any atom is -0.480 e. The minimum atomic E-state index is -3.04. The van der Waals surface area contributed by atoms with Crippen molar-refractivity contribution in [3.63, 3.8) is 0 Å². The normalized spacial score (nSPS) is 24.2. The van der Waals surface area contributed by atoms with E-state index in [4.69, 9.17) is 10.2 Å². The molecule has 0 aromatic carbocycles. The fourth-order valence-electron chi connectivity index (χ4n) is 1.73. The van der Waals surface area contributed by atoms with Crippen LogP contribution in [0.5, 0.6) is 0 Å². The lowest BCUT2D eigenvalue weighted by Crippen LogP contribution is -2.43. The summed E-state index contributed by atoms with van der Waals surface area (Å²) in [7, 11) is -3.04. The van der Waals surface area contributed by atoms with Crippen molar-refractivity contribution in [2.45, 2.75) is 18.9 Å². The van der Waals surface area contributed by atoms with Crippen LogP contribution in [0.2, 0.25) is 0 Å². The zero-order chi connectivity index (χ0) is 13.1. The number of carboxylic acids is 1. The molecular weight excluding hydrogens is 250 g/mol. The van der Waals surface area contributed by atoms with Gasteiger partial charge in [0.1, 0.15) is 6.04 Å². The summed E-state index contributed by atoms with van der Waals surface area (Å²) in [6, 6.07) is -1.33. The van der Waals surface area contributed by atoms with E-state index in [1.807, 2.05) is 0 Å². The van der Waals surface area contributed by atoms with Gasteiger partial charge in [0, 0.05) is 6.42 Å². The molecule has 1 saturated heterocycles. The van der Waals surface area contributed by atoms with E-state index < -0.39 is 34.4 Å². The monoisotopic (exact) mass is 265 g/mol. The Bertz CT molecular complexity index is 404. The largest absolute Gasteiger partial charge is 0.480 e. The third-order valence-electron chi connectivity index (χ3n) is 2.62. The van der Waals surface area contributed by atoms with Crippen LogP contribution < -0.4 is 5.32 Å². The first-order valence-electron chi connectivity index (χ1n) is 5.17. The molecular formula is C9H15NO6S. The lowest BCUT2D eigenvalue weighted by atomic mass is 10.0. The van der Waals surface area contributed by atoms with Crippen molar-refractivity contribution in [2.75, 3.05) is 18.1 Å². The second kappa shape index (κ2) is 5.46. The first-order valence-corrected chi connectivity index (χ1v) is 6.99. The third kappa shape index (κ3) is 4.31. The molecule has 7 nitrogen and oxygen atoms in total. The number of nitrogens with one attached hydrogen (secondary N) is 1. The zero-order valence-electron chi connectivity index (χ0n) is 9.13. The average molecular weight is 265 g/mol. The molecule has 98 valence electrons. The molecule has 0 aromatic rings. The van der Waals surface area contributed by atoms with Crippen molar-refractivity contribution in [2.24, 2.45) is 5.92 Å². The number of hydrogen-bond acceptors (Lipinski definition) is 5. The fraction of sp³-hybridized carbons (Fsp3) is 0.778. The molecule has 1 amide bonds. The number of carbonyl (C=O) groups is 2. The highest BCUT2D eigenvalue weighted by atomic mass is 32.2. The summed E-state index contributed by atoms with van der Waals surface area (Å²) in [6.45, 7) is -0.690. The van der Waals surface area contributed by atoms with Crippen molar-refractivity contribution in [3.05, 3.63) is 0 Å². The van der Waals surface area contributed by atoms with Crippen LogP contribution in [0.4, 0.5) is 0 Å². The van der Waals surface area contributed by atoms with Gasteiger partial charge in [-0.25, -0.2) is 13.2 Å². The molecule has 2 atom stereocenters. The molecule has 0 radical (unpaired) electrons. The summed E-state index contributed by atoms with van der Waals surface area (Å²) in [6.07, 6.45) is 0.398. The number of hydrogen-bond donors (Lipinski definition) is 3. The number of aliphatic hydroxyl groups excluding tert-OH is 1. The molecule has 0 aromatic heterocycles. The van der Waals surface area contributed by atoms with Crippen LogP contribution in [0.15, 0.2) is 0 Å². The van der Waals surface area contributed by atoms with E-state index >= 15 is 0 Å². The summed E-state index contributed by atoms with van der Waals surface area (Å²) >= 11 is 0. The fourth-order valence-corrected chi connectivity index (χ4v) is 3.60. The van der Waals surface area contributed by atoms with Crippen LogP contribution >= 0.6 is 0 Å². The Hall–Kier alpha value is -1.15. The number of carboxylic acid groups (broad SMARTS) is 1. The van der Waals surface area contributed by atoms with Crippen LogP contribution in [0, 0.1) is 5.92 Å². The van der Waals surface area contributed by atoms with Crippen LogP contribution in [-0.2, 0) is 19.4 Å². The molecule has 1 rings (SSSR count). The van der Waals surface area contributed by atoms with E-state index in [1.54, 1.807) is 0 Å². The lowest BCUT2D eigenvalue weighted by molar-refractivity contribution is -0.143. The highest BCUT2D eigenvalue weighted by Gasteiger charge is 2.30. The van der Waals surface area contributed by atoms with Gasteiger partial charge >= 0.3 is 5.97 Å². The van der Waals surface area contributed by atoms with Crippen LogP contribution in [0.3, 0.4) is 0 Å². The Morgan fingerprint density at radius 3 is 2.47 bits per heavy atom. The Labute approximate surface area is 98.7 Å². The van der Waals surface area contributed by atoms with E-state index in [0.29, 0.717) is 6.42 Å². The Morgan fingerprint density at radius 2 is 2.06 bits per heavy atom. The number of carbonyl (C=O) groups excluding carboxylic acids is 1.